The van der Waals surface area contributed by atoms with E-state index in [9.17, 15) is 4.79 Å². The van der Waals surface area contributed by atoms with Crippen molar-refractivity contribution in [3.8, 4) is 0 Å². The fourth-order valence-electron chi connectivity index (χ4n) is 1.15. The number of carbonyl (C=O) groups is 1. The van der Waals surface area contributed by atoms with Gasteiger partial charge in [0.1, 0.15) is 0 Å². The fraction of sp³-hybridized carbons (Fsp3) is 0.556. The van der Waals surface area contributed by atoms with E-state index in [0.717, 1.165) is 19.4 Å². The molecule has 4 heteroatoms. The first-order valence-electron chi connectivity index (χ1n) is 4.63. The van der Waals surface area contributed by atoms with Crippen LogP contribution in [0, 0.1) is 0 Å². The predicted octanol–water partition coefficient (Wildman–Crippen LogP) is 0.795. The van der Waals surface area contributed by atoms with Crippen molar-refractivity contribution in [1.29, 1.82) is 0 Å². The normalized spacial score (nSPS) is 15.8. The molecule has 4 nitrogen and oxygen atoms in total. The Labute approximate surface area is 76.9 Å². The van der Waals surface area contributed by atoms with Crippen LogP contribution in [0.3, 0.4) is 0 Å². The first-order valence-corrected chi connectivity index (χ1v) is 4.63. The topological polar surface area (TPSA) is 46.9 Å². The van der Waals surface area contributed by atoms with Crippen molar-refractivity contribution in [2.75, 3.05) is 0 Å². The molecule has 1 amide bonds. The van der Waals surface area contributed by atoms with E-state index in [-0.39, 0.29) is 5.91 Å². The van der Waals surface area contributed by atoms with E-state index in [4.69, 9.17) is 0 Å². The highest BCUT2D eigenvalue weighted by Crippen LogP contribution is 2.19. The van der Waals surface area contributed by atoms with E-state index in [1.54, 1.807) is 17.1 Å². The molecule has 2 rings (SSSR count). The van der Waals surface area contributed by atoms with Crippen LogP contribution < -0.4 is 5.32 Å². The van der Waals surface area contributed by atoms with Gasteiger partial charge in [0.2, 0.25) is 0 Å². The van der Waals surface area contributed by atoms with Crippen LogP contribution in [-0.4, -0.2) is 21.7 Å². The summed E-state index contributed by atoms with van der Waals surface area (Å²) in [6, 6.07) is 0.414. The molecule has 0 bridgehead atoms. The number of hydrogen-bond donors (Lipinski definition) is 1. The zero-order chi connectivity index (χ0) is 9.26. The van der Waals surface area contributed by atoms with Gasteiger partial charge in [-0.15, -0.1) is 0 Å². The third-order valence-electron chi connectivity index (χ3n) is 2.13. The summed E-state index contributed by atoms with van der Waals surface area (Å²) in [6.07, 6.45) is 5.63. The van der Waals surface area contributed by atoms with Gasteiger partial charge in [0.15, 0.2) is 0 Å². The summed E-state index contributed by atoms with van der Waals surface area (Å²) >= 11 is 0. The lowest BCUT2D eigenvalue weighted by Gasteiger charge is -1.98. The van der Waals surface area contributed by atoms with Crippen LogP contribution in [0.25, 0.3) is 0 Å². The highest BCUT2D eigenvalue weighted by Gasteiger charge is 2.24. The third-order valence-corrected chi connectivity index (χ3v) is 2.13. The second kappa shape index (κ2) is 3.20. The summed E-state index contributed by atoms with van der Waals surface area (Å²) in [6.45, 7) is 2.80. The van der Waals surface area contributed by atoms with Gasteiger partial charge >= 0.3 is 0 Å². The molecule has 13 heavy (non-hydrogen) atoms. The van der Waals surface area contributed by atoms with E-state index in [1.165, 1.54) is 0 Å². The Morgan fingerprint density at radius 1 is 1.77 bits per heavy atom. The van der Waals surface area contributed by atoms with E-state index in [0.29, 0.717) is 11.6 Å². The summed E-state index contributed by atoms with van der Waals surface area (Å²) in [5.41, 5.74) is 0.661. The SMILES string of the molecule is CCn1cc(C(=O)NC2CC2)cn1. The van der Waals surface area contributed by atoms with Gasteiger partial charge < -0.3 is 5.32 Å². The number of aryl methyl sites for hydroxylation is 1. The predicted molar refractivity (Wildman–Crippen MR) is 48.4 cm³/mol. The molecule has 1 aromatic rings. The smallest absolute Gasteiger partial charge is 0.254 e. The molecule has 1 aliphatic rings. The molecule has 1 N–H and O–H groups in total. The largest absolute Gasteiger partial charge is 0.349 e. The Morgan fingerprint density at radius 2 is 2.54 bits per heavy atom. The Kier molecular flexibility index (Phi) is 2.04. The molecule has 1 saturated carbocycles. The summed E-state index contributed by atoms with van der Waals surface area (Å²) in [4.78, 5) is 11.5. The summed E-state index contributed by atoms with van der Waals surface area (Å²) in [7, 11) is 0. The molecule has 1 heterocycles. The maximum atomic E-state index is 11.5. The number of nitrogens with one attached hydrogen (secondary N) is 1. The van der Waals surface area contributed by atoms with Crippen LogP contribution >= 0.6 is 0 Å². The number of aromatic nitrogens is 2. The molecule has 0 unspecified atom stereocenters. The van der Waals surface area contributed by atoms with E-state index in [2.05, 4.69) is 10.4 Å². The van der Waals surface area contributed by atoms with Gasteiger partial charge in [-0.05, 0) is 19.8 Å². The number of hydrogen-bond acceptors (Lipinski definition) is 2. The molecule has 0 aromatic carbocycles. The highest BCUT2D eigenvalue weighted by molar-refractivity contribution is 5.94. The zero-order valence-electron chi connectivity index (χ0n) is 7.66. The van der Waals surface area contributed by atoms with Crippen LogP contribution in [0.1, 0.15) is 30.1 Å². The molecule has 1 aliphatic carbocycles. The second-order valence-corrected chi connectivity index (χ2v) is 3.33. The molecule has 0 atom stereocenters. The second-order valence-electron chi connectivity index (χ2n) is 3.33. The minimum Gasteiger partial charge on any atom is -0.349 e. The van der Waals surface area contributed by atoms with Crippen LogP contribution in [0.4, 0.5) is 0 Å². The van der Waals surface area contributed by atoms with Gasteiger partial charge in [-0.3, -0.25) is 9.48 Å². The Hall–Kier alpha value is -1.32. The van der Waals surface area contributed by atoms with Gasteiger partial charge in [-0.25, -0.2) is 0 Å². The first-order chi connectivity index (χ1) is 6.29. The first kappa shape index (κ1) is 8.29. The number of amides is 1. The Bertz CT molecular complexity index is 314. The number of rotatable bonds is 3. The van der Waals surface area contributed by atoms with Crippen LogP contribution in [-0.2, 0) is 6.54 Å². The molecule has 1 fully saturated rings. The van der Waals surface area contributed by atoms with E-state index in [1.807, 2.05) is 6.92 Å². The monoisotopic (exact) mass is 179 g/mol. The molecule has 1 aromatic heterocycles. The zero-order valence-corrected chi connectivity index (χ0v) is 7.66. The van der Waals surface area contributed by atoms with Crippen LogP contribution in [0.5, 0.6) is 0 Å². The van der Waals surface area contributed by atoms with Gasteiger partial charge in [0.25, 0.3) is 5.91 Å². The maximum Gasteiger partial charge on any atom is 0.254 e. The van der Waals surface area contributed by atoms with E-state index < -0.39 is 0 Å². The minimum atomic E-state index is 0.00204. The van der Waals surface area contributed by atoms with Crippen molar-refractivity contribution in [3.63, 3.8) is 0 Å². The molecule has 0 radical (unpaired) electrons. The molecule has 70 valence electrons. The highest BCUT2D eigenvalue weighted by atomic mass is 16.1. The van der Waals surface area contributed by atoms with Crippen molar-refractivity contribution >= 4 is 5.91 Å². The van der Waals surface area contributed by atoms with Gasteiger partial charge in [-0.2, -0.15) is 5.10 Å². The lowest BCUT2D eigenvalue weighted by atomic mass is 10.3. The maximum absolute atomic E-state index is 11.5. The average molecular weight is 179 g/mol. The van der Waals surface area contributed by atoms with Crippen LogP contribution in [0.15, 0.2) is 12.4 Å². The molecule has 0 saturated heterocycles. The van der Waals surface area contributed by atoms with Gasteiger partial charge in [-0.1, -0.05) is 0 Å². The molecule has 0 spiro atoms. The van der Waals surface area contributed by atoms with E-state index >= 15 is 0 Å². The van der Waals surface area contributed by atoms with Crippen LogP contribution in [0.2, 0.25) is 0 Å². The Balaban J connectivity index is 2.01. The van der Waals surface area contributed by atoms with Crippen molar-refractivity contribution in [1.82, 2.24) is 15.1 Å². The Morgan fingerprint density at radius 3 is 3.08 bits per heavy atom. The lowest BCUT2D eigenvalue weighted by molar-refractivity contribution is 0.0951. The molecular formula is C9H13N3O. The van der Waals surface area contributed by atoms with Gasteiger partial charge in [0.05, 0.1) is 11.8 Å². The standard InChI is InChI=1S/C9H13N3O/c1-2-12-6-7(5-10-12)9(13)11-8-3-4-8/h5-6,8H,2-4H2,1H3,(H,11,13). The van der Waals surface area contributed by atoms with Crippen molar-refractivity contribution in [2.24, 2.45) is 0 Å². The molecule has 0 aliphatic heterocycles. The average Bonchev–Trinajstić information content (AvgIpc) is 2.82. The number of nitrogens with zero attached hydrogens (tertiary/aromatic N) is 2. The van der Waals surface area contributed by atoms with Gasteiger partial charge in [0, 0.05) is 18.8 Å². The molecular weight excluding hydrogens is 166 g/mol. The van der Waals surface area contributed by atoms with Crippen molar-refractivity contribution in [2.45, 2.75) is 32.4 Å². The summed E-state index contributed by atoms with van der Waals surface area (Å²) in [5.74, 6) is 0.00204. The lowest BCUT2D eigenvalue weighted by Crippen LogP contribution is -2.24. The number of carbonyl (C=O) groups excluding carboxylic acids is 1. The minimum absolute atomic E-state index is 0.00204. The third kappa shape index (κ3) is 1.88. The summed E-state index contributed by atoms with van der Waals surface area (Å²) < 4.78 is 1.75. The summed E-state index contributed by atoms with van der Waals surface area (Å²) in [5, 5.41) is 6.95. The fourth-order valence-corrected chi connectivity index (χ4v) is 1.15. The quantitative estimate of drug-likeness (QED) is 0.745. The van der Waals surface area contributed by atoms with Crippen molar-refractivity contribution < 1.29 is 4.79 Å². The van der Waals surface area contributed by atoms with Crippen molar-refractivity contribution in [3.05, 3.63) is 18.0 Å².